The first-order valence-electron chi connectivity index (χ1n) is 13.8. The van der Waals surface area contributed by atoms with E-state index in [-0.39, 0.29) is 37.2 Å². The topological polar surface area (TPSA) is 149 Å². The van der Waals surface area contributed by atoms with E-state index in [1.165, 1.54) is 24.3 Å². The molecule has 4 N–H and O–H groups in total. The quantitative estimate of drug-likeness (QED) is 0.294. The van der Waals surface area contributed by atoms with Gasteiger partial charge in [-0.2, -0.15) is 5.26 Å². The highest BCUT2D eigenvalue weighted by Crippen LogP contribution is 2.33. The minimum atomic E-state index is -1.12. The molecule has 11 heteroatoms. The van der Waals surface area contributed by atoms with Crippen LogP contribution in [0.3, 0.4) is 0 Å². The summed E-state index contributed by atoms with van der Waals surface area (Å²) in [5.74, 6) is -1.82. The predicted molar refractivity (Wildman–Crippen MR) is 146 cm³/mol. The molecule has 0 aromatic heterocycles. The Hall–Kier alpha value is -4.46. The lowest BCUT2D eigenvalue weighted by Crippen LogP contribution is -2.55. The fraction of sp³-hybridized carbons (Fsp3) is 0.433. The summed E-state index contributed by atoms with van der Waals surface area (Å²) in [5, 5.41) is 20.3. The first-order chi connectivity index (χ1) is 19.8. The van der Waals surface area contributed by atoms with E-state index in [9.17, 15) is 28.8 Å². The number of carbonyl (C=O) groups excluding carboxylic acids is 4. The fourth-order valence-electron chi connectivity index (χ4n) is 4.73. The zero-order valence-electron chi connectivity index (χ0n) is 22.6. The number of hydrogen-bond donors (Lipinski definition) is 4. The summed E-state index contributed by atoms with van der Waals surface area (Å²) >= 11 is 0. The second kappa shape index (κ2) is 14.3. The summed E-state index contributed by atoms with van der Waals surface area (Å²) in [4.78, 5) is 51.3. The molecule has 0 radical (unpaired) electrons. The van der Waals surface area contributed by atoms with Gasteiger partial charge in [0.15, 0.2) is 0 Å². The standard InChI is InChI=1S/C30H34FN5O5/c31-23-10-8-20(9-11-23)15-26(36-30(40)41-18-21-4-2-1-3-5-21)29(39)35-25(14-19-6-7-19)28(38)34-24(17-32)16-22-12-13-33-27(22)37/h1-5,8-11,19,22,24-26H,6-7,12-16,18H2,(H,33,37)(H,34,38)(H,35,39)(H,36,40)/t22-,24-,25-,26-/m0/s1. The van der Waals surface area contributed by atoms with E-state index in [2.05, 4.69) is 21.3 Å². The van der Waals surface area contributed by atoms with Crippen molar-refractivity contribution in [3.05, 3.63) is 71.5 Å². The first kappa shape index (κ1) is 29.5. The van der Waals surface area contributed by atoms with Crippen LogP contribution in [0.15, 0.2) is 54.6 Å². The lowest BCUT2D eigenvalue weighted by Gasteiger charge is -2.24. The molecule has 2 fully saturated rings. The van der Waals surface area contributed by atoms with Crippen molar-refractivity contribution in [3.63, 3.8) is 0 Å². The van der Waals surface area contributed by atoms with Gasteiger partial charge in [0, 0.05) is 18.9 Å². The van der Waals surface area contributed by atoms with E-state index in [0.29, 0.717) is 24.9 Å². The van der Waals surface area contributed by atoms with Gasteiger partial charge in [-0.1, -0.05) is 55.3 Å². The number of nitrogens with zero attached hydrogens (tertiary/aromatic N) is 1. The Labute approximate surface area is 238 Å². The van der Waals surface area contributed by atoms with E-state index in [1.807, 2.05) is 24.3 Å². The van der Waals surface area contributed by atoms with Crippen LogP contribution in [0.25, 0.3) is 0 Å². The molecule has 0 spiro atoms. The van der Waals surface area contributed by atoms with Crippen LogP contribution in [-0.4, -0.2) is 48.5 Å². The number of nitriles is 1. The molecule has 1 heterocycles. The van der Waals surface area contributed by atoms with Gasteiger partial charge in [-0.3, -0.25) is 14.4 Å². The molecule has 4 atom stereocenters. The number of nitrogens with one attached hydrogen (secondary N) is 4. The fourth-order valence-corrected chi connectivity index (χ4v) is 4.73. The lowest BCUT2D eigenvalue weighted by molar-refractivity contribution is -0.130. The van der Waals surface area contributed by atoms with Gasteiger partial charge in [0.05, 0.1) is 6.07 Å². The number of rotatable bonds is 13. The van der Waals surface area contributed by atoms with Gasteiger partial charge in [-0.05, 0) is 48.4 Å². The Kier molecular flexibility index (Phi) is 10.3. The van der Waals surface area contributed by atoms with Gasteiger partial charge in [-0.25, -0.2) is 9.18 Å². The molecule has 216 valence electrons. The smallest absolute Gasteiger partial charge is 0.408 e. The maximum atomic E-state index is 13.5. The molecule has 4 amide bonds. The normalized spacial score (nSPS) is 18.2. The van der Waals surface area contributed by atoms with E-state index in [0.717, 1.165) is 18.4 Å². The highest BCUT2D eigenvalue weighted by atomic mass is 19.1. The summed E-state index contributed by atoms with van der Waals surface area (Å²) in [6, 6.07) is 13.7. The maximum Gasteiger partial charge on any atom is 0.408 e. The SMILES string of the molecule is N#C[C@H](C[C@@H]1CCNC1=O)NC(=O)[C@H](CC1CC1)NC(=O)[C@H](Cc1ccc(F)cc1)NC(=O)OCc1ccccc1. The largest absolute Gasteiger partial charge is 0.445 e. The Bertz CT molecular complexity index is 1260. The van der Waals surface area contributed by atoms with Crippen molar-refractivity contribution in [2.24, 2.45) is 11.8 Å². The van der Waals surface area contributed by atoms with Crippen LogP contribution in [0.4, 0.5) is 9.18 Å². The van der Waals surface area contributed by atoms with E-state index in [4.69, 9.17) is 4.74 Å². The second-order valence-corrected chi connectivity index (χ2v) is 10.5. The molecule has 2 aliphatic rings. The molecule has 1 saturated carbocycles. The van der Waals surface area contributed by atoms with Crippen LogP contribution in [0.2, 0.25) is 0 Å². The zero-order chi connectivity index (χ0) is 29.2. The van der Waals surface area contributed by atoms with Gasteiger partial charge in [0.2, 0.25) is 17.7 Å². The third-order valence-electron chi connectivity index (χ3n) is 7.23. The third-order valence-corrected chi connectivity index (χ3v) is 7.23. The molecule has 1 aliphatic carbocycles. The number of ether oxygens (including phenoxy) is 1. The first-order valence-corrected chi connectivity index (χ1v) is 13.8. The van der Waals surface area contributed by atoms with Crippen molar-refractivity contribution < 1.29 is 28.3 Å². The van der Waals surface area contributed by atoms with Crippen molar-refractivity contribution in [2.75, 3.05) is 6.54 Å². The van der Waals surface area contributed by atoms with Crippen molar-refractivity contribution in [1.29, 1.82) is 5.26 Å². The van der Waals surface area contributed by atoms with Crippen LogP contribution in [0, 0.1) is 29.0 Å². The monoisotopic (exact) mass is 563 g/mol. The number of alkyl carbamates (subject to hydrolysis) is 1. The van der Waals surface area contributed by atoms with Gasteiger partial charge >= 0.3 is 6.09 Å². The van der Waals surface area contributed by atoms with Gasteiger partial charge < -0.3 is 26.0 Å². The van der Waals surface area contributed by atoms with Gasteiger partial charge in [0.25, 0.3) is 0 Å². The zero-order valence-corrected chi connectivity index (χ0v) is 22.6. The number of benzene rings is 2. The summed E-state index contributed by atoms with van der Waals surface area (Å²) in [7, 11) is 0. The number of hydrogen-bond acceptors (Lipinski definition) is 6. The Morgan fingerprint density at radius 2 is 1.63 bits per heavy atom. The average molecular weight is 564 g/mol. The van der Waals surface area contributed by atoms with Crippen LogP contribution in [0.5, 0.6) is 0 Å². The lowest BCUT2D eigenvalue weighted by atomic mass is 9.98. The molecule has 2 aromatic rings. The van der Waals surface area contributed by atoms with Crippen molar-refractivity contribution in [3.8, 4) is 6.07 Å². The number of amides is 4. The third kappa shape index (κ3) is 9.31. The van der Waals surface area contributed by atoms with Crippen LogP contribution < -0.4 is 21.3 Å². The Balaban J connectivity index is 1.42. The van der Waals surface area contributed by atoms with Gasteiger partial charge in [0.1, 0.15) is 30.5 Å². The van der Waals surface area contributed by atoms with Gasteiger partial charge in [-0.15, -0.1) is 0 Å². The average Bonchev–Trinajstić information content (AvgIpc) is 3.71. The molecule has 1 saturated heterocycles. The molecule has 41 heavy (non-hydrogen) atoms. The summed E-state index contributed by atoms with van der Waals surface area (Å²) in [6.07, 6.45) is 2.20. The molecule has 0 unspecified atom stereocenters. The molecule has 10 nitrogen and oxygen atoms in total. The van der Waals surface area contributed by atoms with E-state index >= 15 is 0 Å². The summed E-state index contributed by atoms with van der Waals surface area (Å²) in [6.45, 7) is 0.533. The highest BCUT2D eigenvalue weighted by Gasteiger charge is 2.34. The summed E-state index contributed by atoms with van der Waals surface area (Å²) in [5.41, 5.74) is 1.36. The van der Waals surface area contributed by atoms with Crippen molar-refractivity contribution in [1.82, 2.24) is 21.3 Å². The minimum Gasteiger partial charge on any atom is -0.445 e. The number of halogens is 1. The molecule has 1 aliphatic heterocycles. The van der Waals surface area contributed by atoms with Crippen molar-refractivity contribution in [2.45, 2.75) is 63.3 Å². The second-order valence-electron chi connectivity index (χ2n) is 10.5. The molecular formula is C30H34FN5O5. The highest BCUT2D eigenvalue weighted by molar-refractivity contribution is 5.91. The summed E-state index contributed by atoms with van der Waals surface area (Å²) < 4.78 is 18.8. The Morgan fingerprint density at radius 1 is 0.927 bits per heavy atom. The van der Waals surface area contributed by atoms with Crippen molar-refractivity contribution >= 4 is 23.8 Å². The molecule has 4 rings (SSSR count). The van der Waals surface area contributed by atoms with E-state index < -0.39 is 41.9 Å². The van der Waals surface area contributed by atoms with Crippen LogP contribution in [-0.2, 0) is 32.1 Å². The molecule has 2 aromatic carbocycles. The Morgan fingerprint density at radius 3 is 2.27 bits per heavy atom. The molecule has 0 bridgehead atoms. The van der Waals surface area contributed by atoms with E-state index in [1.54, 1.807) is 12.1 Å². The van der Waals surface area contributed by atoms with Crippen LogP contribution in [0.1, 0.15) is 43.2 Å². The molecular weight excluding hydrogens is 529 g/mol. The maximum absolute atomic E-state index is 13.5. The predicted octanol–water partition coefficient (Wildman–Crippen LogP) is 2.48. The van der Waals surface area contributed by atoms with Crippen LogP contribution >= 0.6 is 0 Å². The number of carbonyl (C=O) groups is 4. The minimum absolute atomic E-state index is 0.00115.